The summed E-state index contributed by atoms with van der Waals surface area (Å²) in [5.74, 6) is 0.841. The van der Waals surface area contributed by atoms with Gasteiger partial charge in [0.2, 0.25) is 0 Å². The number of benzene rings is 1. The normalized spacial score (nSPS) is 12.3. The zero-order chi connectivity index (χ0) is 14.8. The van der Waals surface area contributed by atoms with E-state index in [1.54, 1.807) is 7.11 Å². The predicted molar refractivity (Wildman–Crippen MR) is 85.3 cm³/mol. The molecule has 2 N–H and O–H groups in total. The Hall–Kier alpha value is -1.55. The van der Waals surface area contributed by atoms with Crippen molar-refractivity contribution >= 4 is 5.96 Å². The Kier molecular flexibility index (Phi) is 7.09. The van der Waals surface area contributed by atoms with Gasteiger partial charge in [-0.3, -0.25) is 4.99 Å². The molecule has 0 atom stereocenters. The van der Waals surface area contributed by atoms with Crippen LogP contribution >= 0.6 is 0 Å². The second-order valence-corrected chi connectivity index (χ2v) is 5.36. The molecule has 1 aromatic rings. The molecule has 0 aromatic heterocycles. The summed E-state index contributed by atoms with van der Waals surface area (Å²) in [6.07, 6.45) is 0. The fraction of sp³-hybridized carbons (Fsp3) is 0.562. The van der Waals surface area contributed by atoms with Crippen molar-refractivity contribution in [3.8, 4) is 0 Å². The minimum atomic E-state index is 0.0187. The van der Waals surface area contributed by atoms with E-state index in [-0.39, 0.29) is 5.41 Å². The highest BCUT2D eigenvalue weighted by Gasteiger charge is 2.19. The maximum Gasteiger partial charge on any atom is 0.191 e. The second kappa shape index (κ2) is 8.59. The Labute approximate surface area is 122 Å². The number of methoxy groups -OCH3 is 1. The first-order valence-corrected chi connectivity index (χ1v) is 7.17. The number of aliphatic imine (C=N–C) groups is 1. The largest absolute Gasteiger partial charge is 0.383 e. The Morgan fingerprint density at radius 3 is 2.50 bits per heavy atom. The van der Waals surface area contributed by atoms with Gasteiger partial charge in [-0.05, 0) is 12.5 Å². The van der Waals surface area contributed by atoms with E-state index < -0.39 is 0 Å². The van der Waals surface area contributed by atoms with Crippen molar-refractivity contribution in [2.75, 3.05) is 33.4 Å². The number of ether oxygens (including phenoxy) is 1. The van der Waals surface area contributed by atoms with E-state index in [2.05, 4.69) is 60.7 Å². The second-order valence-electron chi connectivity index (χ2n) is 5.36. The van der Waals surface area contributed by atoms with E-state index in [0.29, 0.717) is 6.61 Å². The molecule has 0 aliphatic carbocycles. The van der Waals surface area contributed by atoms with Crippen molar-refractivity contribution in [3.05, 3.63) is 35.9 Å². The Balaban J connectivity index is 2.65. The molecule has 0 bridgehead atoms. The SMILES string of the molecule is CCNC(=NCC(C)(C)c1ccccc1)NCCOC. The molecule has 1 aromatic carbocycles. The van der Waals surface area contributed by atoms with Gasteiger partial charge in [0, 0.05) is 25.6 Å². The van der Waals surface area contributed by atoms with Crippen LogP contribution < -0.4 is 10.6 Å². The lowest BCUT2D eigenvalue weighted by Crippen LogP contribution is -2.40. The van der Waals surface area contributed by atoms with E-state index in [4.69, 9.17) is 4.74 Å². The van der Waals surface area contributed by atoms with Gasteiger partial charge in [-0.1, -0.05) is 44.2 Å². The van der Waals surface area contributed by atoms with Crippen molar-refractivity contribution in [2.45, 2.75) is 26.2 Å². The zero-order valence-corrected chi connectivity index (χ0v) is 13.1. The average molecular weight is 277 g/mol. The molecule has 0 spiro atoms. The molecule has 4 heteroatoms. The van der Waals surface area contributed by atoms with Crippen molar-refractivity contribution in [3.63, 3.8) is 0 Å². The van der Waals surface area contributed by atoms with Gasteiger partial charge in [0.05, 0.1) is 13.2 Å². The van der Waals surface area contributed by atoms with E-state index in [0.717, 1.165) is 25.6 Å². The number of hydrogen-bond acceptors (Lipinski definition) is 2. The fourth-order valence-corrected chi connectivity index (χ4v) is 1.87. The molecule has 112 valence electrons. The van der Waals surface area contributed by atoms with Crippen LogP contribution in [0.3, 0.4) is 0 Å². The summed E-state index contributed by atoms with van der Waals surface area (Å²) in [7, 11) is 1.70. The van der Waals surface area contributed by atoms with Crippen molar-refractivity contribution in [2.24, 2.45) is 4.99 Å². The van der Waals surface area contributed by atoms with Gasteiger partial charge in [-0.2, -0.15) is 0 Å². The van der Waals surface area contributed by atoms with E-state index >= 15 is 0 Å². The van der Waals surface area contributed by atoms with E-state index in [1.165, 1.54) is 5.56 Å². The van der Waals surface area contributed by atoms with Gasteiger partial charge in [0.15, 0.2) is 5.96 Å². The Bertz CT molecular complexity index is 401. The summed E-state index contributed by atoms with van der Waals surface area (Å²) in [5, 5.41) is 6.51. The minimum absolute atomic E-state index is 0.0187. The first-order chi connectivity index (χ1) is 9.60. The van der Waals surface area contributed by atoms with Crippen LogP contribution in [0.15, 0.2) is 35.3 Å². The highest BCUT2D eigenvalue weighted by atomic mass is 16.5. The number of nitrogens with one attached hydrogen (secondary N) is 2. The summed E-state index contributed by atoms with van der Waals surface area (Å²) >= 11 is 0. The maximum atomic E-state index is 5.04. The molecule has 0 fully saturated rings. The molecular formula is C16H27N3O. The third-order valence-electron chi connectivity index (χ3n) is 3.13. The van der Waals surface area contributed by atoms with E-state index in [9.17, 15) is 0 Å². The molecule has 0 amide bonds. The summed E-state index contributed by atoms with van der Waals surface area (Å²) < 4.78 is 5.04. The van der Waals surface area contributed by atoms with Gasteiger partial charge >= 0.3 is 0 Å². The van der Waals surface area contributed by atoms with Gasteiger partial charge < -0.3 is 15.4 Å². The summed E-state index contributed by atoms with van der Waals surface area (Å²) in [5.41, 5.74) is 1.32. The summed E-state index contributed by atoms with van der Waals surface area (Å²) in [6.45, 7) is 9.51. The standard InChI is InChI=1S/C16H27N3O/c1-5-17-15(18-11-12-20-4)19-13-16(2,3)14-9-7-6-8-10-14/h6-10H,5,11-13H2,1-4H3,(H2,17,18,19). The Morgan fingerprint density at radius 2 is 1.90 bits per heavy atom. The molecule has 0 saturated heterocycles. The first kappa shape index (κ1) is 16.5. The van der Waals surface area contributed by atoms with Crippen LogP contribution in [0.1, 0.15) is 26.3 Å². The smallest absolute Gasteiger partial charge is 0.191 e. The zero-order valence-electron chi connectivity index (χ0n) is 13.1. The van der Waals surface area contributed by atoms with Gasteiger partial charge in [0.25, 0.3) is 0 Å². The van der Waals surface area contributed by atoms with Crippen LogP contribution in [-0.2, 0) is 10.2 Å². The number of guanidine groups is 1. The molecule has 0 heterocycles. The summed E-state index contributed by atoms with van der Waals surface area (Å²) in [4.78, 5) is 4.67. The molecule has 0 radical (unpaired) electrons. The van der Waals surface area contributed by atoms with Crippen molar-refractivity contribution in [1.29, 1.82) is 0 Å². The maximum absolute atomic E-state index is 5.04. The number of nitrogens with zero attached hydrogens (tertiary/aromatic N) is 1. The molecule has 0 unspecified atom stereocenters. The molecule has 0 aliphatic heterocycles. The predicted octanol–water partition coefficient (Wildman–Crippen LogP) is 2.17. The lowest BCUT2D eigenvalue weighted by atomic mass is 9.85. The van der Waals surface area contributed by atoms with Crippen molar-refractivity contribution in [1.82, 2.24) is 10.6 Å². The molecule has 0 aliphatic rings. The van der Waals surface area contributed by atoms with Crippen molar-refractivity contribution < 1.29 is 4.74 Å². The van der Waals surface area contributed by atoms with E-state index in [1.807, 2.05) is 6.07 Å². The minimum Gasteiger partial charge on any atom is -0.383 e. The molecular weight excluding hydrogens is 250 g/mol. The monoisotopic (exact) mass is 277 g/mol. The molecule has 20 heavy (non-hydrogen) atoms. The number of hydrogen-bond donors (Lipinski definition) is 2. The average Bonchev–Trinajstić information content (AvgIpc) is 2.46. The van der Waals surface area contributed by atoms with Crippen LogP contribution in [0.5, 0.6) is 0 Å². The van der Waals surface area contributed by atoms with Crippen LogP contribution in [0.4, 0.5) is 0 Å². The highest BCUT2D eigenvalue weighted by molar-refractivity contribution is 5.79. The lowest BCUT2D eigenvalue weighted by Gasteiger charge is -2.23. The van der Waals surface area contributed by atoms with Gasteiger partial charge in [0.1, 0.15) is 0 Å². The molecule has 1 rings (SSSR count). The first-order valence-electron chi connectivity index (χ1n) is 7.17. The van der Waals surface area contributed by atoms with Gasteiger partial charge in [-0.25, -0.2) is 0 Å². The lowest BCUT2D eigenvalue weighted by molar-refractivity contribution is 0.203. The fourth-order valence-electron chi connectivity index (χ4n) is 1.87. The topological polar surface area (TPSA) is 45.7 Å². The quantitative estimate of drug-likeness (QED) is 0.456. The van der Waals surface area contributed by atoms with Crippen LogP contribution in [0, 0.1) is 0 Å². The van der Waals surface area contributed by atoms with Gasteiger partial charge in [-0.15, -0.1) is 0 Å². The molecule has 4 nitrogen and oxygen atoms in total. The molecule has 0 saturated carbocycles. The van der Waals surface area contributed by atoms with Crippen LogP contribution in [-0.4, -0.2) is 39.3 Å². The third kappa shape index (κ3) is 5.61. The number of rotatable bonds is 7. The van der Waals surface area contributed by atoms with Crippen LogP contribution in [0.25, 0.3) is 0 Å². The Morgan fingerprint density at radius 1 is 1.20 bits per heavy atom. The van der Waals surface area contributed by atoms with Crippen LogP contribution in [0.2, 0.25) is 0 Å². The summed E-state index contributed by atoms with van der Waals surface area (Å²) in [6, 6.07) is 10.5. The highest BCUT2D eigenvalue weighted by Crippen LogP contribution is 2.22. The third-order valence-corrected chi connectivity index (χ3v) is 3.13.